The molecule has 20 heavy (non-hydrogen) atoms. The molecule has 2 rings (SSSR count). The van der Waals surface area contributed by atoms with E-state index in [2.05, 4.69) is 14.9 Å². The number of nitrogens with zero attached hydrogens (tertiary/aromatic N) is 3. The van der Waals surface area contributed by atoms with Gasteiger partial charge in [-0.1, -0.05) is 12.1 Å². The van der Waals surface area contributed by atoms with Crippen LogP contribution < -0.4 is 4.74 Å². The van der Waals surface area contributed by atoms with Crippen LogP contribution in [0.25, 0.3) is 0 Å². The zero-order valence-corrected chi connectivity index (χ0v) is 9.83. The van der Waals surface area contributed by atoms with E-state index in [0.29, 0.717) is 5.56 Å². The summed E-state index contributed by atoms with van der Waals surface area (Å²) in [4.78, 5) is 11.7. The molecule has 106 valence electrons. The summed E-state index contributed by atoms with van der Waals surface area (Å²) in [7, 11) is 0. The molecule has 0 saturated heterocycles. The van der Waals surface area contributed by atoms with E-state index in [4.69, 9.17) is 5.11 Å². The molecule has 0 radical (unpaired) electrons. The molecular weight excluding hydrogens is 279 g/mol. The number of carbonyl (C=O) groups is 1. The highest BCUT2D eigenvalue weighted by Gasteiger charge is 2.30. The third-order valence-corrected chi connectivity index (χ3v) is 2.24. The number of carboxylic acids is 1. The molecule has 1 aromatic carbocycles. The number of aromatic carboxylic acids is 1. The van der Waals surface area contributed by atoms with Gasteiger partial charge in [0, 0.05) is 0 Å². The molecule has 1 aromatic heterocycles. The molecule has 1 N–H and O–H groups in total. The lowest BCUT2D eigenvalue weighted by Gasteiger charge is -2.09. The van der Waals surface area contributed by atoms with Crippen LogP contribution in [0.1, 0.15) is 16.1 Å². The lowest BCUT2D eigenvalue weighted by Crippen LogP contribution is -2.17. The van der Waals surface area contributed by atoms with E-state index in [1.807, 2.05) is 0 Å². The first kappa shape index (κ1) is 13.8. The van der Waals surface area contributed by atoms with E-state index < -0.39 is 12.3 Å². The third kappa shape index (κ3) is 3.70. The van der Waals surface area contributed by atoms with E-state index in [-0.39, 0.29) is 18.0 Å². The van der Waals surface area contributed by atoms with Gasteiger partial charge in [-0.05, 0) is 17.7 Å². The number of benzene rings is 1. The number of halogens is 3. The predicted octanol–water partition coefficient (Wildman–Crippen LogP) is 1.92. The molecule has 0 aliphatic rings. The summed E-state index contributed by atoms with van der Waals surface area (Å²) in [5.74, 6) is -1.54. The zero-order valence-electron chi connectivity index (χ0n) is 9.83. The van der Waals surface area contributed by atoms with Crippen LogP contribution in [0.4, 0.5) is 13.2 Å². The summed E-state index contributed by atoms with van der Waals surface area (Å²) in [6, 6.07) is 5.13. The van der Waals surface area contributed by atoms with E-state index in [0.717, 1.165) is 23.1 Å². The summed E-state index contributed by atoms with van der Waals surface area (Å²) >= 11 is 0. The number of hydrogen-bond donors (Lipinski definition) is 1. The molecule has 0 unspecified atom stereocenters. The van der Waals surface area contributed by atoms with E-state index in [1.165, 1.54) is 12.1 Å². The van der Waals surface area contributed by atoms with E-state index in [1.54, 1.807) is 0 Å². The molecule has 2 aromatic rings. The Bertz CT molecular complexity index is 607. The smallest absolute Gasteiger partial charge is 0.476 e. The van der Waals surface area contributed by atoms with Crippen molar-refractivity contribution in [1.29, 1.82) is 0 Å². The van der Waals surface area contributed by atoms with Gasteiger partial charge in [0.15, 0.2) is 5.69 Å². The number of hydrogen-bond acceptors (Lipinski definition) is 4. The minimum atomic E-state index is -4.73. The minimum absolute atomic E-state index is 0.138. The first-order valence-electron chi connectivity index (χ1n) is 5.31. The normalized spacial score (nSPS) is 11.3. The maximum atomic E-state index is 12.0. The fourth-order valence-electron chi connectivity index (χ4n) is 1.43. The monoisotopic (exact) mass is 287 g/mol. The van der Waals surface area contributed by atoms with Crippen LogP contribution in [0.15, 0.2) is 30.5 Å². The van der Waals surface area contributed by atoms with Crippen LogP contribution in [-0.2, 0) is 6.54 Å². The van der Waals surface area contributed by atoms with Crippen molar-refractivity contribution < 1.29 is 27.8 Å². The summed E-state index contributed by atoms with van der Waals surface area (Å²) in [6.07, 6.45) is -3.65. The first-order valence-corrected chi connectivity index (χ1v) is 5.31. The molecule has 0 fully saturated rings. The van der Waals surface area contributed by atoms with Crippen molar-refractivity contribution in [1.82, 2.24) is 15.0 Å². The Morgan fingerprint density at radius 3 is 2.45 bits per heavy atom. The standard InChI is InChI=1S/C11H8F3N3O3/c12-11(13,14)20-8-3-1-7(2-4-8)6-17-15-5-9(16-17)10(18)19/h1-5H,6H2,(H,18,19). The lowest BCUT2D eigenvalue weighted by molar-refractivity contribution is -0.274. The van der Waals surface area contributed by atoms with E-state index in [9.17, 15) is 18.0 Å². The molecule has 0 amide bonds. The fraction of sp³-hybridized carbons (Fsp3) is 0.182. The molecule has 9 heteroatoms. The van der Waals surface area contributed by atoms with Crippen LogP contribution in [0.5, 0.6) is 5.75 Å². The van der Waals surface area contributed by atoms with Gasteiger partial charge in [0.25, 0.3) is 0 Å². The van der Waals surface area contributed by atoms with Crippen LogP contribution in [-0.4, -0.2) is 32.4 Å². The highest BCUT2D eigenvalue weighted by Crippen LogP contribution is 2.22. The molecule has 0 aliphatic carbocycles. The van der Waals surface area contributed by atoms with Gasteiger partial charge in [0.1, 0.15) is 5.75 Å². The van der Waals surface area contributed by atoms with Crippen LogP contribution in [0, 0.1) is 0 Å². The number of aromatic nitrogens is 3. The van der Waals surface area contributed by atoms with Gasteiger partial charge in [-0.25, -0.2) is 4.79 Å². The summed E-state index contributed by atoms with van der Waals surface area (Å²) in [5.41, 5.74) is 0.397. The predicted molar refractivity (Wildman–Crippen MR) is 59.2 cm³/mol. The topological polar surface area (TPSA) is 77.2 Å². The van der Waals surface area contributed by atoms with Crippen molar-refractivity contribution in [2.24, 2.45) is 0 Å². The van der Waals surface area contributed by atoms with Crippen LogP contribution in [0.3, 0.4) is 0 Å². The van der Waals surface area contributed by atoms with Crippen molar-refractivity contribution in [3.05, 3.63) is 41.7 Å². The van der Waals surface area contributed by atoms with Gasteiger partial charge >= 0.3 is 12.3 Å². The van der Waals surface area contributed by atoms with Crippen molar-refractivity contribution in [2.45, 2.75) is 12.9 Å². The van der Waals surface area contributed by atoms with Crippen molar-refractivity contribution in [3.63, 3.8) is 0 Å². The second-order valence-electron chi connectivity index (χ2n) is 3.76. The molecule has 6 nitrogen and oxygen atoms in total. The number of carboxylic acid groups (broad SMARTS) is 1. The highest BCUT2D eigenvalue weighted by atomic mass is 19.4. The Balaban J connectivity index is 2.04. The zero-order chi connectivity index (χ0) is 14.8. The Kier molecular flexibility index (Phi) is 3.59. The Morgan fingerprint density at radius 2 is 1.95 bits per heavy atom. The summed E-state index contributed by atoms with van der Waals surface area (Å²) in [6.45, 7) is 0.138. The molecule has 0 saturated carbocycles. The van der Waals surface area contributed by atoms with Crippen molar-refractivity contribution >= 4 is 5.97 Å². The van der Waals surface area contributed by atoms with Gasteiger partial charge in [-0.2, -0.15) is 9.90 Å². The molecular formula is C11H8F3N3O3. The highest BCUT2D eigenvalue weighted by molar-refractivity contribution is 5.84. The number of ether oxygens (including phenoxy) is 1. The quantitative estimate of drug-likeness (QED) is 0.929. The average molecular weight is 287 g/mol. The molecule has 0 aliphatic heterocycles. The van der Waals surface area contributed by atoms with Gasteiger partial charge in [-0.3, -0.25) is 0 Å². The SMILES string of the molecule is O=C(O)c1cnn(Cc2ccc(OC(F)(F)F)cc2)n1. The summed E-state index contributed by atoms with van der Waals surface area (Å²) in [5, 5.41) is 16.1. The maximum absolute atomic E-state index is 12.0. The molecule has 1 heterocycles. The third-order valence-electron chi connectivity index (χ3n) is 2.24. The van der Waals surface area contributed by atoms with Gasteiger partial charge in [0.2, 0.25) is 0 Å². The summed E-state index contributed by atoms with van der Waals surface area (Å²) < 4.78 is 39.6. The Labute approximate surface area is 110 Å². The van der Waals surface area contributed by atoms with Crippen molar-refractivity contribution in [2.75, 3.05) is 0 Å². The first-order chi connectivity index (χ1) is 9.33. The van der Waals surface area contributed by atoms with Gasteiger partial charge in [-0.15, -0.1) is 18.3 Å². The Hall–Kier alpha value is -2.58. The molecule has 0 spiro atoms. The molecule has 0 bridgehead atoms. The van der Waals surface area contributed by atoms with Crippen LogP contribution >= 0.6 is 0 Å². The van der Waals surface area contributed by atoms with Gasteiger partial charge in [0.05, 0.1) is 12.7 Å². The maximum Gasteiger partial charge on any atom is 0.573 e. The number of rotatable bonds is 4. The van der Waals surface area contributed by atoms with Crippen molar-refractivity contribution in [3.8, 4) is 5.75 Å². The lowest BCUT2D eigenvalue weighted by atomic mass is 10.2. The minimum Gasteiger partial charge on any atom is -0.476 e. The fourth-order valence-corrected chi connectivity index (χ4v) is 1.43. The second-order valence-corrected chi connectivity index (χ2v) is 3.76. The van der Waals surface area contributed by atoms with Gasteiger partial charge < -0.3 is 9.84 Å². The second kappa shape index (κ2) is 5.19. The molecule has 0 atom stereocenters. The van der Waals surface area contributed by atoms with E-state index >= 15 is 0 Å². The largest absolute Gasteiger partial charge is 0.573 e. The average Bonchev–Trinajstić information content (AvgIpc) is 2.78. The number of alkyl halides is 3. The van der Waals surface area contributed by atoms with Crippen LogP contribution in [0.2, 0.25) is 0 Å². The Morgan fingerprint density at radius 1 is 1.30 bits per heavy atom.